The summed E-state index contributed by atoms with van der Waals surface area (Å²) < 4.78 is 0. The van der Waals surface area contributed by atoms with Gasteiger partial charge in [-0.2, -0.15) is 0 Å². The SMILES string of the molecule is CC[C@@H](O)C(N)Cc1ccccc1. The van der Waals surface area contributed by atoms with Crippen LogP contribution in [0.1, 0.15) is 18.9 Å². The maximum Gasteiger partial charge on any atom is 0.0691 e. The highest BCUT2D eigenvalue weighted by Gasteiger charge is 2.12. The average molecular weight is 179 g/mol. The topological polar surface area (TPSA) is 46.2 Å². The first-order valence-corrected chi connectivity index (χ1v) is 4.71. The van der Waals surface area contributed by atoms with E-state index in [2.05, 4.69) is 0 Å². The molecular weight excluding hydrogens is 162 g/mol. The Kier molecular flexibility index (Phi) is 3.93. The third-order valence-corrected chi connectivity index (χ3v) is 2.23. The van der Waals surface area contributed by atoms with E-state index in [-0.39, 0.29) is 12.1 Å². The van der Waals surface area contributed by atoms with Crippen molar-refractivity contribution in [3.8, 4) is 0 Å². The average Bonchev–Trinajstić information content (AvgIpc) is 2.18. The van der Waals surface area contributed by atoms with Gasteiger partial charge in [0.1, 0.15) is 0 Å². The molecule has 0 radical (unpaired) electrons. The standard InChI is InChI=1S/C11H17NO/c1-2-11(13)10(12)8-9-6-4-3-5-7-9/h3-7,10-11,13H,2,8,12H2,1H3/t10?,11-/m1/s1. The second-order valence-electron chi connectivity index (χ2n) is 3.33. The largest absolute Gasteiger partial charge is 0.392 e. The molecule has 0 spiro atoms. The van der Waals surface area contributed by atoms with Crippen LogP contribution in [0.25, 0.3) is 0 Å². The molecule has 0 amide bonds. The predicted octanol–water partition coefficient (Wildman–Crippen LogP) is 1.33. The molecule has 2 heteroatoms. The van der Waals surface area contributed by atoms with Gasteiger partial charge in [0.2, 0.25) is 0 Å². The molecule has 0 fully saturated rings. The smallest absolute Gasteiger partial charge is 0.0691 e. The highest BCUT2D eigenvalue weighted by molar-refractivity contribution is 5.16. The zero-order valence-electron chi connectivity index (χ0n) is 7.98. The monoisotopic (exact) mass is 179 g/mol. The van der Waals surface area contributed by atoms with Crippen molar-refractivity contribution in [2.75, 3.05) is 0 Å². The van der Waals surface area contributed by atoms with Crippen LogP contribution in [0.4, 0.5) is 0 Å². The molecule has 0 bridgehead atoms. The van der Waals surface area contributed by atoms with Gasteiger partial charge in [-0.05, 0) is 18.4 Å². The molecule has 2 nitrogen and oxygen atoms in total. The summed E-state index contributed by atoms with van der Waals surface area (Å²) in [6.07, 6.45) is 1.07. The molecule has 1 aromatic rings. The minimum Gasteiger partial charge on any atom is -0.392 e. The number of hydrogen-bond acceptors (Lipinski definition) is 2. The first-order valence-electron chi connectivity index (χ1n) is 4.71. The van der Waals surface area contributed by atoms with E-state index in [0.717, 1.165) is 6.42 Å². The van der Waals surface area contributed by atoms with Crippen molar-refractivity contribution in [1.29, 1.82) is 0 Å². The van der Waals surface area contributed by atoms with Gasteiger partial charge in [-0.1, -0.05) is 37.3 Å². The maximum atomic E-state index is 9.46. The van der Waals surface area contributed by atoms with Gasteiger partial charge in [0.05, 0.1) is 6.10 Å². The summed E-state index contributed by atoms with van der Waals surface area (Å²) in [7, 11) is 0. The van der Waals surface area contributed by atoms with Crippen LogP contribution in [0.5, 0.6) is 0 Å². The molecular formula is C11H17NO. The molecule has 0 aromatic heterocycles. The van der Waals surface area contributed by atoms with Crippen LogP contribution in [-0.2, 0) is 6.42 Å². The van der Waals surface area contributed by atoms with Gasteiger partial charge in [0.25, 0.3) is 0 Å². The molecule has 72 valence electrons. The molecule has 0 aliphatic rings. The minimum absolute atomic E-state index is 0.146. The van der Waals surface area contributed by atoms with E-state index >= 15 is 0 Å². The Morgan fingerprint density at radius 3 is 2.46 bits per heavy atom. The van der Waals surface area contributed by atoms with Crippen molar-refractivity contribution < 1.29 is 5.11 Å². The lowest BCUT2D eigenvalue weighted by atomic mass is 10.0. The lowest BCUT2D eigenvalue weighted by molar-refractivity contribution is 0.140. The van der Waals surface area contributed by atoms with E-state index in [1.807, 2.05) is 37.3 Å². The maximum absolute atomic E-state index is 9.46. The van der Waals surface area contributed by atoms with Crippen LogP contribution >= 0.6 is 0 Å². The third kappa shape index (κ3) is 3.17. The summed E-state index contributed by atoms with van der Waals surface area (Å²) in [4.78, 5) is 0. The third-order valence-electron chi connectivity index (χ3n) is 2.23. The Bertz CT molecular complexity index is 235. The van der Waals surface area contributed by atoms with Gasteiger partial charge in [0, 0.05) is 6.04 Å². The minimum atomic E-state index is -0.389. The summed E-state index contributed by atoms with van der Waals surface area (Å²) in [6, 6.07) is 9.86. The van der Waals surface area contributed by atoms with Crippen molar-refractivity contribution >= 4 is 0 Å². The first-order chi connectivity index (χ1) is 6.24. The Morgan fingerprint density at radius 1 is 1.31 bits per heavy atom. The fraction of sp³-hybridized carbons (Fsp3) is 0.455. The van der Waals surface area contributed by atoms with E-state index in [1.165, 1.54) is 5.56 Å². The number of hydrogen-bond donors (Lipinski definition) is 2. The molecule has 0 saturated carbocycles. The number of benzene rings is 1. The van der Waals surface area contributed by atoms with Crippen LogP contribution in [0.15, 0.2) is 30.3 Å². The Balaban J connectivity index is 2.50. The summed E-state index contributed by atoms with van der Waals surface area (Å²) in [5.74, 6) is 0. The van der Waals surface area contributed by atoms with Gasteiger partial charge >= 0.3 is 0 Å². The molecule has 0 heterocycles. The van der Waals surface area contributed by atoms with Crippen LogP contribution in [0, 0.1) is 0 Å². The zero-order chi connectivity index (χ0) is 9.68. The van der Waals surface area contributed by atoms with Crippen molar-refractivity contribution in [3.05, 3.63) is 35.9 Å². The van der Waals surface area contributed by atoms with Crippen LogP contribution < -0.4 is 5.73 Å². The molecule has 3 N–H and O–H groups in total. The normalized spacial score (nSPS) is 15.3. The summed E-state index contributed by atoms with van der Waals surface area (Å²) in [6.45, 7) is 1.94. The molecule has 1 unspecified atom stereocenters. The molecule has 0 aliphatic heterocycles. The Hall–Kier alpha value is -0.860. The van der Waals surface area contributed by atoms with Gasteiger partial charge in [-0.3, -0.25) is 0 Å². The number of rotatable bonds is 4. The summed E-state index contributed by atoms with van der Waals surface area (Å²) in [5.41, 5.74) is 6.99. The summed E-state index contributed by atoms with van der Waals surface area (Å²) in [5, 5.41) is 9.46. The molecule has 0 saturated heterocycles. The quantitative estimate of drug-likeness (QED) is 0.732. The van der Waals surface area contributed by atoms with Gasteiger partial charge in [0.15, 0.2) is 0 Å². The molecule has 13 heavy (non-hydrogen) atoms. The van der Waals surface area contributed by atoms with E-state index in [0.29, 0.717) is 6.42 Å². The lowest BCUT2D eigenvalue weighted by Gasteiger charge is -2.16. The van der Waals surface area contributed by atoms with Gasteiger partial charge in [-0.25, -0.2) is 0 Å². The van der Waals surface area contributed by atoms with E-state index in [1.54, 1.807) is 0 Å². The van der Waals surface area contributed by atoms with Crippen LogP contribution in [-0.4, -0.2) is 17.3 Å². The van der Waals surface area contributed by atoms with E-state index in [4.69, 9.17) is 5.73 Å². The lowest BCUT2D eigenvalue weighted by Crippen LogP contribution is -2.36. The second-order valence-corrected chi connectivity index (χ2v) is 3.33. The highest BCUT2D eigenvalue weighted by Crippen LogP contribution is 2.05. The van der Waals surface area contributed by atoms with Gasteiger partial charge in [-0.15, -0.1) is 0 Å². The van der Waals surface area contributed by atoms with Crippen molar-refractivity contribution in [2.24, 2.45) is 5.73 Å². The van der Waals surface area contributed by atoms with Crippen molar-refractivity contribution in [1.82, 2.24) is 0 Å². The predicted molar refractivity (Wildman–Crippen MR) is 54.4 cm³/mol. The van der Waals surface area contributed by atoms with Crippen LogP contribution in [0.3, 0.4) is 0 Å². The molecule has 0 aliphatic carbocycles. The Labute approximate surface area is 79.4 Å². The number of aliphatic hydroxyl groups excluding tert-OH is 1. The molecule has 2 atom stereocenters. The molecule has 1 aromatic carbocycles. The van der Waals surface area contributed by atoms with E-state index in [9.17, 15) is 5.11 Å². The molecule has 1 rings (SSSR count). The second kappa shape index (κ2) is 5.00. The fourth-order valence-electron chi connectivity index (χ4n) is 1.33. The van der Waals surface area contributed by atoms with Gasteiger partial charge < -0.3 is 10.8 Å². The van der Waals surface area contributed by atoms with Crippen molar-refractivity contribution in [2.45, 2.75) is 31.9 Å². The number of aliphatic hydroxyl groups is 1. The zero-order valence-corrected chi connectivity index (χ0v) is 7.98. The highest BCUT2D eigenvalue weighted by atomic mass is 16.3. The Morgan fingerprint density at radius 2 is 1.92 bits per heavy atom. The van der Waals surface area contributed by atoms with E-state index < -0.39 is 0 Å². The first kappa shape index (κ1) is 10.2. The number of nitrogens with two attached hydrogens (primary N) is 1. The fourth-order valence-corrected chi connectivity index (χ4v) is 1.33. The summed E-state index contributed by atoms with van der Waals surface area (Å²) >= 11 is 0. The van der Waals surface area contributed by atoms with Crippen LogP contribution in [0.2, 0.25) is 0 Å². The van der Waals surface area contributed by atoms with Crippen molar-refractivity contribution in [3.63, 3.8) is 0 Å².